The summed E-state index contributed by atoms with van der Waals surface area (Å²) in [4.78, 5) is 2.44. The van der Waals surface area contributed by atoms with Crippen LogP contribution in [0.5, 0.6) is 0 Å². The topological polar surface area (TPSA) is 46.8 Å². The summed E-state index contributed by atoms with van der Waals surface area (Å²) < 4.78 is 1.83. The third-order valence-electron chi connectivity index (χ3n) is 3.78. The van der Waals surface area contributed by atoms with Crippen molar-refractivity contribution in [2.75, 3.05) is 13.1 Å². The second kappa shape index (κ2) is 5.48. The van der Waals surface area contributed by atoms with Crippen LogP contribution < -0.4 is 0 Å². The zero-order valence-electron chi connectivity index (χ0n) is 11.2. The van der Waals surface area contributed by atoms with Crippen molar-refractivity contribution in [3.63, 3.8) is 0 Å². The van der Waals surface area contributed by atoms with E-state index in [-0.39, 0.29) is 0 Å². The Bertz CT molecular complexity index is 514. The predicted octanol–water partition coefficient (Wildman–Crippen LogP) is 1.89. The summed E-state index contributed by atoms with van der Waals surface area (Å²) in [5.74, 6) is 1.77. The van der Waals surface area contributed by atoms with E-state index in [0.29, 0.717) is 0 Å². The van der Waals surface area contributed by atoms with Gasteiger partial charge in [0.05, 0.1) is 12.2 Å². The molecule has 5 nitrogen and oxygen atoms in total. The highest BCUT2D eigenvalue weighted by Crippen LogP contribution is 2.18. The fourth-order valence-electron chi connectivity index (χ4n) is 2.49. The smallest absolute Gasteiger partial charge is 0.170 e. The molecule has 1 fully saturated rings. The second-order valence-corrected chi connectivity index (χ2v) is 5.30. The fraction of sp³-hybridized carbons (Fsp3) is 0.500. The van der Waals surface area contributed by atoms with E-state index < -0.39 is 0 Å². The Morgan fingerprint density at radius 2 is 1.89 bits per heavy atom. The molecule has 0 unspecified atom stereocenters. The van der Waals surface area contributed by atoms with Crippen LogP contribution in [0.2, 0.25) is 0 Å². The van der Waals surface area contributed by atoms with E-state index in [2.05, 4.69) is 27.3 Å². The van der Waals surface area contributed by atoms with Crippen molar-refractivity contribution in [1.82, 2.24) is 25.1 Å². The minimum Gasteiger partial charge on any atom is -0.296 e. The van der Waals surface area contributed by atoms with Gasteiger partial charge in [0.15, 0.2) is 5.82 Å². The first-order chi connectivity index (χ1) is 9.33. The summed E-state index contributed by atoms with van der Waals surface area (Å²) in [6, 6.07) is 10.1. The summed E-state index contributed by atoms with van der Waals surface area (Å²) in [6.45, 7) is 5.44. The molecule has 0 bridgehead atoms. The molecule has 3 rings (SSSR count). The molecule has 0 aliphatic carbocycles. The predicted molar refractivity (Wildman–Crippen MR) is 72.8 cm³/mol. The lowest BCUT2D eigenvalue weighted by molar-refractivity contribution is 0.180. The molecule has 1 saturated heterocycles. The maximum atomic E-state index is 4.17. The first-order valence-corrected chi connectivity index (χ1v) is 6.88. The lowest BCUT2D eigenvalue weighted by Crippen LogP contribution is -2.33. The number of nitrogens with zero attached hydrogens (tertiary/aromatic N) is 5. The zero-order chi connectivity index (χ0) is 13.1. The van der Waals surface area contributed by atoms with Crippen LogP contribution in [0.15, 0.2) is 30.3 Å². The average Bonchev–Trinajstić information content (AvgIpc) is 2.90. The molecule has 0 N–H and O–H groups in total. The van der Waals surface area contributed by atoms with Crippen LogP contribution in [-0.4, -0.2) is 38.2 Å². The van der Waals surface area contributed by atoms with E-state index in [1.807, 2.05) is 35.0 Å². The van der Waals surface area contributed by atoms with Gasteiger partial charge in [-0.25, -0.2) is 0 Å². The normalized spacial score (nSPS) is 17.7. The van der Waals surface area contributed by atoms with Gasteiger partial charge in [0.25, 0.3) is 0 Å². The van der Waals surface area contributed by atoms with E-state index >= 15 is 0 Å². The van der Waals surface area contributed by atoms with Gasteiger partial charge in [-0.1, -0.05) is 25.1 Å². The van der Waals surface area contributed by atoms with Crippen molar-refractivity contribution in [2.45, 2.75) is 26.3 Å². The van der Waals surface area contributed by atoms with E-state index in [1.165, 1.54) is 12.8 Å². The molecule has 100 valence electrons. The van der Waals surface area contributed by atoms with Crippen LogP contribution in [-0.2, 0) is 6.54 Å². The van der Waals surface area contributed by atoms with Crippen LogP contribution >= 0.6 is 0 Å². The fourth-order valence-corrected chi connectivity index (χ4v) is 2.49. The summed E-state index contributed by atoms with van der Waals surface area (Å²) in [7, 11) is 0. The molecule has 2 heterocycles. The molecule has 1 aliphatic rings. The maximum Gasteiger partial charge on any atom is 0.170 e. The molecular weight excluding hydrogens is 238 g/mol. The molecule has 1 aromatic carbocycles. The number of benzene rings is 1. The summed E-state index contributed by atoms with van der Waals surface area (Å²) >= 11 is 0. The van der Waals surface area contributed by atoms with Gasteiger partial charge in [-0.05, 0) is 54.4 Å². The Morgan fingerprint density at radius 3 is 2.63 bits per heavy atom. The van der Waals surface area contributed by atoms with Crippen LogP contribution in [0.3, 0.4) is 0 Å². The Morgan fingerprint density at radius 1 is 1.16 bits per heavy atom. The van der Waals surface area contributed by atoms with Crippen molar-refractivity contribution < 1.29 is 0 Å². The lowest BCUT2D eigenvalue weighted by Gasteiger charge is -2.29. The molecule has 1 aliphatic heterocycles. The molecule has 5 heteroatoms. The summed E-state index contributed by atoms with van der Waals surface area (Å²) in [5.41, 5.74) is 1.02. The number of hydrogen-bond donors (Lipinski definition) is 0. The molecule has 0 atom stereocenters. The van der Waals surface area contributed by atoms with Crippen molar-refractivity contribution >= 4 is 0 Å². The molecule has 2 aromatic rings. The summed E-state index contributed by atoms with van der Waals surface area (Å²) in [5, 5.41) is 12.1. The molecule has 19 heavy (non-hydrogen) atoms. The number of para-hydroxylation sites is 1. The minimum atomic E-state index is 0.828. The SMILES string of the molecule is CC1CCN(Cc2nnnn2-c2ccccc2)CC1. The van der Waals surface area contributed by atoms with Gasteiger partial charge in [0, 0.05) is 0 Å². The monoisotopic (exact) mass is 257 g/mol. The Hall–Kier alpha value is -1.75. The third-order valence-corrected chi connectivity index (χ3v) is 3.78. The third kappa shape index (κ3) is 2.81. The molecular formula is C14H19N5. The minimum absolute atomic E-state index is 0.828. The highest BCUT2D eigenvalue weighted by molar-refractivity contribution is 5.30. The van der Waals surface area contributed by atoms with Gasteiger partial charge < -0.3 is 0 Å². The van der Waals surface area contributed by atoms with Crippen LogP contribution in [0.25, 0.3) is 5.69 Å². The van der Waals surface area contributed by atoms with Gasteiger partial charge in [0.1, 0.15) is 0 Å². The van der Waals surface area contributed by atoms with Crippen molar-refractivity contribution in [2.24, 2.45) is 5.92 Å². The molecule has 0 amide bonds. The quantitative estimate of drug-likeness (QED) is 0.842. The number of hydrogen-bond acceptors (Lipinski definition) is 4. The van der Waals surface area contributed by atoms with E-state index in [1.54, 1.807) is 0 Å². The Balaban J connectivity index is 1.74. The largest absolute Gasteiger partial charge is 0.296 e. The van der Waals surface area contributed by atoms with Crippen molar-refractivity contribution in [3.05, 3.63) is 36.2 Å². The van der Waals surface area contributed by atoms with E-state index in [9.17, 15) is 0 Å². The average molecular weight is 257 g/mol. The Kier molecular flexibility index (Phi) is 3.55. The second-order valence-electron chi connectivity index (χ2n) is 5.30. The lowest BCUT2D eigenvalue weighted by atomic mass is 9.99. The number of tetrazole rings is 1. The molecule has 0 saturated carbocycles. The molecule has 0 spiro atoms. The first-order valence-electron chi connectivity index (χ1n) is 6.88. The highest BCUT2D eigenvalue weighted by Gasteiger charge is 2.18. The van der Waals surface area contributed by atoms with Crippen LogP contribution in [0, 0.1) is 5.92 Å². The zero-order valence-corrected chi connectivity index (χ0v) is 11.2. The first kappa shape index (κ1) is 12.3. The van der Waals surface area contributed by atoms with Gasteiger partial charge in [-0.2, -0.15) is 4.68 Å². The van der Waals surface area contributed by atoms with Crippen molar-refractivity contribution in [1.29, 1.82) is 0 Å². The van der Waals surface area contributed by atoms with E-state index in [0.717, 1.165) is 37.1 Å². The van der Waals surface area contributed by atoms with Crippen LogP contribution in [0.1, 0.15) is 25.6 Å². The number of rotatable bonds is 3. The molecule has 1 aromatic heterocycles. The van der Waals surface area contributed by atoms with E-state index in [4.69, 9.17) is 0 Å². The van der Waals surface area contributed by atoms with Gasteiger partial charge in [-0.15, -0.1) is 5.10 Å². The number of likely N-dealkylation sites (tertiary alicyclic amines) is 1. The molecule has 0 radical (unpaired) electrons. The van der Waals surface area contributed by atoms with Gasteiger partial charge in [0.2, 0.25) is 0 Å². The highest BCUT2D eigenvalue weighted by atomic mass is 15.5. The number of piperidine rings is 1. The van der Waals surface area contributed by atoms with Gasteiger partial charge >= 0.3 is 0 Å². The Labute approximate surface area is 113 Å². The van der Waals surface area contributed by atoms with Crippen LogP contribution in [0.4, 0.5) is 0 Å². The van der Waals surface area contributed by atoms with Crippen molar-refractivity contribution in [3.8, 4) is 5.69 Å². The maximum absolute atomic E-state index is 4.17. The summed E-state index contributed by atoms with van der Waals surface area (Å²) in [6.07, 6.45) is 2.54. The van der Waals surface area contributed by atoms with Gasteiger partial charge in [-0.3, -0.25) is 4.90 Å². The standard InChI is InChI=1S/C14H19N5/c1-12-7-9-18(10-8-12)11-14-15-16-17-19(14)13-5-3-2-4-6-13/h2-6,12H,7-11H2,1H3. The number of aromatic nitrogens is 4.